The van der Waals surface area contributed by atoms with Crippen LogP contribution in [0, 0.1) is 13.8 Å². The lowest BCUT2D eigenvalue weighted by molar-refractivity contribution is 0.102. The molecule has 0 atom stereocenters. The standard InChI is InChI=1S/C22H20BrN5O2/c1-4-20-25-21(27-30-20)15-5-8-17(9-6-15)28-12-18(14(3)26-28)22(29)24-16-7-10-19(23)13(2)11-16/h5-12H,4H2,1-3H3,(H,24,29). The zero-order chi connectivity index (χ0) is 21.3. The summed E-state index contributed by atoms with van der Waals surface area (Å²) in [5, 5.41) is 11.4. The Morgan fingerprint density at radius 2 is 1.93 bits per heavy atom. The highest BCUT2D eigenvalue weighted by Crippen LogP contribution is 2.22. The maximum Gasteiger partial charge on any atom is 0.259 e. The second kappa shape index (κ2) is 8.23. The fraction of sp³-hybridized carbons (Fsp3) is 0.182. The molecule has 0 spiro atoms. The van der Waals surface area contributed by atoms with E-state index in [4.69, 9.17) is 4.52 Å². The Morgan fingerprint density at radius 3 is 2.60 bits per heavy atom. The van der Waals surface area contributed by atoms with E-state index in [1.165, 1.54) is 0 Å². The molecule has 0 radical (unpaired) electrons. The number of nitrogens with one attached hydrogen (secondary N) is 1. The summed E-state index contributed by atoms with van der Waals surface area (Å²) in [4.78, 5) is 17.1. The molecule has 4 rings (SSSR count). The molecule has 30 heavy (non-hydrogen) atoms. The Balaban J connectivity index is 1.54. The minimum Gasteiger partial charge on any atom is -0.339 e. The van der Waals surface area contributed by atoms with Crippen LogP contribution in [0.2, 0.25) is 0 Å². The number of halogens is 1. The molecular formula is C22H20BrN5O2. The fourth-order valence-corrected chi connectivity index (χ4v) is 3.26. The van der Waals surface area contributed by atoms with Crippen LogP contribution >= 0.6 is 15.9 Å². The van der Waals surface area contributed by atoms with Gasteiger partial charge in [0, 0.05) is 28.3 Å². The van der Waals surface area contributed by atoms with E-state index in [9.17, 15) is 4.79 Å². The van der Waals surface area contributed by atoms with Gasteiger partial charge in [0.2, 0.25) is 11.7 Å². The van der Waals surface area contributed by atoms with Gasteiger partial charge in [0.1, 0.15) is 0 Å². The van der Waals surface area contributed by atoms with Crippen LogP contribution in [0.15, 0.2) is 57.7 Å². The first-order valence-electron chi connectivity index (χ1n) is 9.51. The normalized spacial score (nSPS) is 10.9. The molecule has 1 amide bonds. The summed E-state index contributed by atoms with van der Waals surface area (Å²) < 4.78 is 7.85. The van der Waals surface area contributed by atoms with Gasteiger partial charge in [-0.2, -0.15) is 10.1 Å². The monoisotopic (exact) mass is 465 g/mol. The van der Waals surface area contributed by atoms with Crippen molar-refractivity contribution in [3.63, 3.8) is 0 Å². The van der Waals surface area contributed by atoms with Crippen LogP contribution in [0.5, 0.6) is 0 Å². The van der Waals surface area contributed by atoms with Crippen molar-refractivity contribution >= 4 is 27.5 Å². The molecule has 2 aromatic heterocycles. The SMILES string of the molecule is CCc1nc(-c2ccc(-n3cc(C(=O)Nc4ccc(Br)c(C)c4)c(C)n3)cc2)no1. The zero-order valence-electron chi connectivity index (χ0n) is 16.8. The lowest BCUT2D eigenvalue weighted by Crippen LogP contribution is -2.12. The molecule has 0 aliphatic rings. The predicted molar refractivity (Wildman–Crippen MR) is 118 cm³/mol. The highest BCUT2D eigenvalue weighted by Gasteiger charge is 2.15. The molecule has 7 nitrogen and oxygen atoms in total. The second-order valence-corrected chi connectivity index (χ2v) is 7.76. The summed E-state index contributed by atoms with van der Waals surface area (Å²) in [6.45, 7) is 5.76. The van der Waals surface area contributed by atoms with Crippen molar-refractivity contribution in [3.8, 4) is 17.1 Å². The van der Waals surface area contributed by atoms with E-state index in [1.54, 1.807) is 10.9 Å². The Hall–Kier alpha value is -3.26. The van der Waals surface area contributed by atoms with Gasteiger partial charge in [-0.15, -0.1) is 0 Å². The van der Waals surface area contributed by atoms with E-state index < -0.39 is 0 Å². The van der Waals surface area contributed by atoms with Gasteiger partial charge in [-0.05, 0) is 61.9 Å². The smallest absolute Gasteiger partial charge is 0.259 e. The van der Waals surface area contributed by atoms with Gasteiger partial charge in [-0.1, -0.05) is 28.0 Å². The minimum absolute atomic E-state index is 0.198. The molecule has 0 saturated heterocycles. The molecule has 0 saturated carbocycles. The molecular weight excluding hydrogens is 446 g/mol. The zero-order valence-corrected chi connectivity index (χ0v) is 18.4. The van der Waals surface area contributed by atoms with Crippen molar-refractivity contribution in [1.82, 2.24) is 19.9 Å². The van der Waals surface area contributed by atoms with Crippen molar-refractivity contribution in [2.45, 2.75) is 27.2 Å². The number of aryl methyl sites for hydroxylation is 3. The summed E-state index contributed by atoms with van der Waals surface area (Å²) >= 11 is 3.47. The molecule has 0 aliphatic heterocycles. The van der Waals surface area contributed by atoms with Crippen molar-refractivity contribution in [2.75, 3.05) is 5.32 Å². The van der Waals surface area contributed by atoms with Gasteiger partial charge in [0.15, 0.2) is 0 Å². The van der Waals surface area contributed by atoms with Crippen molar-refractivity contribution in [2.24, 2.45) is 0 Å². The van der Waals surface area contributed by atoms with Crippen LogP contribution in [0.1, 0.15) is 34.4 Å². The van der Waals surface area contributed by atoms with Crippen LogP contribution in [0.4, 0.5) is 5.69 Å². The summed E-state index contributed by atoms with van der Waals surface area (Å²) in [6, 6.07) is 13.3. The maximum atomic E-state index is 12.7. The minimum atomic E-state index is -0.198. The molecule has 8 heteroatoms. The van der Waals surface area contributed by atoms with Crippen molar-refractivity contribution in [1.29, 1.82) is 0 Å². The largest absolute Gasteiger partial charge is 0.339 e. The third kappa shape index (κ3) is 4.04. The average molecular weight is 466 g/mol. The van der Waals surface area contributed by atoms with Gasteiger partial charge >= 0.3 is 0 Å². The number of carbonyl (C=O) groups is 1. The summed E-state index contributed by atoms with van der Waals surface area (Å²) in [6.07, 6.45) is 2.43. The quantitative estimate of drug-likeness (QED) is 0.442. The first kappa shape index (κ1) is 20.0. The van der Waals surface area contributed by atoms with E-state index in [0.717, 1.165) is 27.0 Å². The highest BCUT2D eigenvalue weighted by atomic mass is 79.9. The molecule has 2 heterocycles. The van der Waals surface area contributed by atoms with Crippen LogP contribution in [-0.4, -0.2) is 25.8 Å². The summed E-state index contributed by atoms with van der Waals surface area (Å²) in [5.41, 5.74) is 4.65. The van der Waals surface area contributed by atoms with Crippen LogP contribution in [0.3, 0.4) is 0 Å². The van der Waals surface area contributed by atoms with Crippen molar-refractivity contribution < 1.29 is 9.32 Å². The number of aromatic nitrogens is 4. The van der Waals surface area contributed by atoms with Gasteiger partial charge in [-0.3, -0.25) is 4.79 Å². The van der Waals surface area contributed by atoms with Gasteiger partial charge in [0.05, 0.1) is 16.9 Å². The second-order valence-electron chi connectivity index (χ2n) is 6.90. The number of anilines is 1. The Labute approximate surface area is 182 Å². The molecule has 0 unspecified atom stereocenters. The number of hydrogen-bond acceptors (Lipinski definition) is 5. The Kier molecular flexibility index (Phi) is 5.50. The molecule has 4 aromatic rings. The van der Waals surface area contributed by atoms with Crippen LogP contribution < -0.4 is 5.32 Å². The van der Waals surface area contributed by atoms with Crippen LogP contribution in [-0.2, 0) is 6.42 Å². The maximum absolute atomic E-state index is 12.7. The molecule has 0 fully saturated rings. The third-order valence-electron chi connectivity index (χ3n) is 4.72. The number of carbonyl (C=O) groups excluding carboxylic acids is 1. The summed E-state index contributed by atoms with van der Waals surface area (Å²) in [7, 11) is 0. The van der Waals surface area contributed by atoms with E-state index in [-0.39, 0.29) is 5.91 Å². The van der Waals surface area contributed by atoms with E-state index in [1.807, 2.05) is 63.2 Å². The predicted octanol–water partition coefficient (Wildman–Crippen LogP) is 5.12. The number of rotatable bonds is 5. The first-order chi connectivity index (χ1) is 14.4. The summed E-state index contributed by atoms with van der Waals surface area (Å²) in [5.74, 6) is 0.962. The molecule has 0 bridgehead atoms. The molecule has 0 aliphatic carbocycles. The van der Waals surface area contributed by atoms with Crippen molar-refractivity contribution in [3.05, 3.63) is 75.8 Å². The van der Waals surface area contributed by atoms with Gasteiger partial charge < -0.3 is 9.84 Å². The lowest BCUT2D eigenvalue weighted by Gasteiger charge is -2.06. The number of hydrogen-bond donors (Lipinski definition) is 1. The number of nitrogens with zero attached hydrogens (tertiary/aromatic N) is 4. The van der Waals surface area contributed by atoms with E-state index in [0.29, 0.717) is 29.4 Å². The Morgan fingerprint density at radius 1 is 1.17 bits per heavy atom. The average Bonchev–Trinajstić information content (AvgIpc) is 3.38. The molecule has 152 valence electrons. The van der Waals surface area contributed by atoms with E-state index >= 15 is 0 Å². The Bertz CT molecular complexity index is 1210. The fourth-order valence-electron chi connectivity index (χ4n) is 3.02. The first-order valence-corrected chi connectivity index (χ1v) is 10.3. The number of amides is 1. The molecule has 1 N–H and O–H groups in total. The van der Waals surface area contributed by atoms with Gasteiger partial charge in [-0.25, -0.2) is 4.68 Å². The lowest BCUT2D eigenvalue weighted by atomic mass is 10.2. The van der Waals surface area contributed by atoms with Crippen LogP contribution in [0.25, 0.3) is 17.1 Å². The topological polar surface area (TPSA) is 85.8 Å². The van der Waals surface area contributed by atoms with Gasteiger partial charge in [0.25, 0.3) is 5.91 Å². The van der Waals surface area contributed by atoms with E-state index in [2.05, 4.69) is 36.5 Å². The molecule has 2 aromatic carbocycles. The highest BCUT2D eigenvalue weighted by molar-refractivity contribution is 9.10. The third-order valence-corrected chi connectivity index (χ3v) is 5.61. The number of benzene rings is 2.